The smallest absolute Gasteiger partial charge is 0.271 e. The van der Waals surface area contributed by atoms with E-state index in [1.54, 1.807) is 25.5 Å². The maximum Gasteiger partial charge on any atom is 0.271 e. The number of hydrogen-bond acceptors (Lipinski definition) is 9. The molecule has 7 rings (SSSR count). The molecule has 2 aliphatic rings. The van der Waals surface area contributed by atoms with Gasteiger partial charge in [0.2, 0.25) is 11.9 Å². The molecule has 45 heavy (non-hydrogen) atoms. The van der Waals surface area contributed by atoms with Gasteiger partial charge < -0.3 is 30.0 Å². The maximum atomic E-state index is 13.3. The van der Waals surface area contributed by atoms with Gasteiger partial charge in [-0.3, -0.25) is 9.59 Å². The lowest BCUT2D eigenvalue weighted by atomic mass is 10.00. The molecule has 2 aliphatic heterocycles. The van der Waals surface area contributed by atoms with Crippen molar-refractivity contribution in [2.24, 2.45) is 0 Å². The molecule has 5 aromatic rings. The summed E-state index contributed by atoms with van der Waals surface area (Å²) in [5, 5.41) is 3.00. The van der Waals surface area contributed by atoms with E-state index in [4.69, 9.17) is 15.5 Å². The van der Waals surface area contributed by atoms with Gasteiger partial charge in [-0.25, -0.2) is 19.9 Å². The lowest BCUT2D eigenvalue weighted by Gasteiger charge is -2.28. The number of nitrogens with one attached hydrogen (secondary N) is 1. The Kier molecular flexibility index (Phi) is 7.34. The van der Waals surface area contributed by atoms with E-state index in [-0.39, 0.29) is 23.8 Å². The zero-order valence-electron chi connectivity index (χ0n) is 25.1. The molecule has 1 saturated heterocycles. The number of ether oxygens (including phenoxy) is 1. The van der Waals surface area contributed by atoms with Crippen molar-refractivity contribution in [3.63, 3.8) is 0 Å². The highest BCUT2D eigenvalue weighted by Gasteiger charge is 2.29. The third-order valence-electron chi connectivity index (χ3n) is 8.31. The Balaban J connectivity index is 1.08. The average molecular weight is 604 g/mol. The minimum absolute atomic E-state index is 0.0660. The number of carbonyl (C=O) groups is 2. The zero-order valence-corrected chi connectivity index (χ0v) is 25.1. The molecule has 2 amide bonds. The summed E-state index contributed by atoms with van der Waals surface area (Å²) in [7, 11) is 0. The molecule has 0 aliphatic carbocycles. The molecule has 228 valence electrons. The first-order valence-corrected chi connectivity index (χ1v) is 14.9. The monoisotopic (exact) mass is 603 g/mol. The molecular weight excluding hydrogens is 570 g/mol. The summed E-state index contributed by atoms with van der Waals surface area (Å²) in [6, 6.07) is 14.5. The molecule has 12 nitrogen and oxygen atoms in total. The van der Waals surface area contributed by atoms with E-state index < -0.39 is 0 Å². The standard InChI is InChI=1S/C33H33N9O3/c1-20-13-25-14-24(7-8-29(25)42(20)21(2)43)23-5-3-22(4-6-23)15-35-32(44)28-19-41-18-27(26-16-36-33(34)37-17-26)38-30(31(41)39-28)40-9-11-45-12-10-40/h3-8,14,16-20H,9-13,15H2,1-2H3,(H,35,44)(H2,34,36,37). The number of nitrogens with two attached hydrogens (primary N) is 1. The van der Waals surface area contributed by atoms with Crippen molar-refractivity contribution in [1.82, 2.24) is 29.7 Å². The number of rotatable bonds is 6. The Labute approximate surface area is 259 Å². The summed E-state index contributed by atoms with van der Waals surface area (Å²) < 4.78 is 7.36. The molecule has 0 saturated carbocycles. The summed E-state index contributed by atoms with van der Waals surface area (Å²) in [6.45, 7) is 6.53. The van der Waals surface area contributed by atoms with Crippen LogP contribution >= 0.6 is 0 Å². The Morgan fingerprint density at radius 1 is 0.978 bits per heavy atom. The third kappa shape index (κ3) is 5.55. The zero-order chi connectivity index (χ0) is 31.1. The lowest BCUT2D eigenvalue weighted by Crippen LogP contribution is -2.37. The number of anilines is 3. The Morgan fingerprint density at radius 2 is 1.71 bits per heavy atom. The van der Waals surface area contributed by atoms with Crippen LogP contribution in [0.3, 0.4) is 0 Å². The van der Waals surface area contributed by atoms with Gasteiger partial charge >= 0.3 is 0 Å². The van der Waals surface area contributed by atoms with Crippen molar-refractivity contribution in [2.75, 3.05) is 41.8 Å². The van der Waals surface area contributed by atoms with Crippen molar-refractivity contribution >= 4 is 34.9 Å². The fraction of sp³-hybridized carbons (Fsp3) is 0.273. The van der Waals surface area contributed by atoms with Crippen LogP contribution in [0, 0.1) is 0 Å². The topological polar surface area (TPSA) is 144 Å². The van der Waals surface area contributed by atoms with Crippen LogP contribution in [-0.4, -0.2) is 68.5 Å². The van der Waals surface area contributed by atoms with Crippen LogP contribution in [-0.2, 0) is 22.5 Å². The van der Waals surface area contributed by atoms with E-state index in [1.807, 2.05) is 33.7 Å². The second-order valence-electron chi connectivity index (χ2n) is 11.4. The normalized spacial score (nSPS) is 16.2. The highest BCUT2D eigenvalue weighted by Crippen LogP contribution is 2.35. The predicted molar refractivity (Wildman–Crippen MR) is 171 cm³/mol. The van der Waals surface area contributed by atoms with Crippen LogP contribution in [0.15, 0.2) is 67.3 Å². The molecule has 0 spiro atoms. The van der Waals surface area contributed by atoms with E-state index in [1.165, 1.54) is 5.56 Å². The van der Waals surface area contributed by atoms with Crippen molar-refractivity contribution in [1.29, 1.82) is 0 Å². The molecule has 2 aromatic carbocycles. The average Bonchev–Trinajstić information content (AvgIpc) is 3.64. The Bertz CT molecular complexity index is 1900. The van der Waals surface area contributed by atoms with Crippen molar-refractivity contribution in [3.8, 4) is 22.4 Å². The number of amides is 2. The second kappa shape index (κ2) is 11.6. The highest BCUT2D eigenvalue weighted by molar-refractivity contribution is 5.95. The number of benzene rings is 2. The summed E-state index contributed by atoms with van der Waals surface area (Å²) in [4.78, 5) is 47.1. The molecule has 1 unspecified atom stereocenters. The summed E-state index contributed by atoms with van der Waals surface area (Å²) in [6.07, 6.45) is 7.62. The van der Waals surface area contributed by atoms with Crippen molar-refractivity contribution < 1.29 is 14.3 Å². The third-order valence-corrected chi connectivity index (χ3v) is 8.31. The molecule has 1 atom stereocenters. The van der Waals surface area contributed by atoms with Crippen molar-refractivity contribution in [2.45, 2.75) is 32.9 Å². The summed E-state index contributed by atoms with van der Waals surface area (Å²) in [5.74, 6) is 0.633. The predicted octanol–water partition coefficient (Wildman–Crippen LogP) is 3.50. The van der Waals surface area contributed by atoms with Gasteiger partial charge in [0.15, 0.2) is 11.5 Å². The number of fused-ring (bicyclic) bond motifs is 2. The van der Waals surface area contributed by atoms with Crippen LogP contribution in [0.1, 0.15) is 35.5 Å². The van der Waals surface area contributed by atoms with Gasteiger partial charge in [-0.2, -0.15) is 0 Å². The van der Waals surface area contributed by atoms with E-state index in [0.29, 0.717) is 61.3 Å². The number of carbonyl (C=O) groups excluding carboxylic acids is 2. The van der Waals surface area contributed by atoms with Gasteiger partial charge in [0.25, 0.3) is 5.91 Å². The van der Waals surface area contributed by atoms with Gasteiger partial charge in [0.1, 0.15) is 5.69 Å². The Hall–Kier alpha value is -5.36. The van der Waals surface area contributed by atoms with Crippen LogP contribution in [0.5, 0.6) is 0 Å². The minimum atomic E-state index is -0.282. The fourth-order valence-electron chi connectivity index (χ4n) is 6.07. The molecular formula is C33H33N9O3. The highest BCUT2D eigenvalue weighted by atomic mass is 16.5. The van der Waals surface area contributed by atoms with Crippen LogP contribution in [0.25, 0.3) is 28.0 Å². The van der Waals surface area contributed by atoms with E-state index in [2.05, 4.69) is 56.4 Å². The van der Waals surface area contributed by atoms with Gasteiger partial charge in [0, 0.05) is 68.6 Å². The molecule has 0 radical (unpaired) electrons. The molecule has 0 bridgehead atoms. The molecule has 3 N–H and O–H groups in total. The largest absolute Gasteiger partial charge is 0.378 e. The summed E-state index contributed by atoms with van der Waals surface area (Å²) in [5.41, 5.74) is 13.2. The van der Waals surface area contributed by atoms with Crippen molar-refractivity contribution in [3.05, 3.63) is 84.1 Å². The summed E-state index contributed by atoms with van der Waals surface area (Å²) >= 11 is 0. The number of imidazole rings is 1. The molecule has 1 fully saturated rings. The van der Waals surface area contributed by atoms with Crippen LogP contribution in [0.4, 0.5) is 17.5 Å². The lowest BCUT2D eigenvalue weighted by molar-refractivity contribution is -0.116. The van der Waals surface area contributed by atoms with Gasteiger partial charge in [0.05, 0.1) is 18.9 Å². The van der Waals surface area contributed by atoms with E-state index in [0.717, 1.165) is 28.8 Å². The van der Waals surface area contributed by atoms with E-state index in [9.17, 15) is 9.59 Å². The number of nitrogens with zero attached hydrogens (tertiary/aromatic N) is 7. The maximum absolute atomic E-state index is 13.3. The van der Waals surface area contributed by atoms with Crippen LogP contribution < -0.4 is 20.9 Å². The van der Waals surface area contributed by atoms with Gasteiger partial charge in [-0.05, 0) is 47.7 Å². The van der Waals surface area contributed by atoms with Gasteiger partial charge in [-0.1, -0.05) is 30.3 Å². The first-order chi connectivity index (χ1) is 21.8. The number of aromatic nitrogens is 5. The second-order valence-corrected chi connectivity index (χ2v) is 11.4. The number of hydrogen-bond donors (Lipinski definition) is 2. The quantitative estimate of drug-likeness (QED) is 0.298. The molecule has 3 aromatic heterocycles. The Morgan fingerprint density at radius 3 is 2.44 bits per heavy atom. The first-order valence-electron chi connectivity index (χ1n) is 14.9. The molecule has 12 heteroatoms. The minimum Gasteiger partial charge on any atom is -0.378 e. The first kappa shape index (κ1) is 28.4. The fourth-order valence-corrected chi connectivity index (χ4v) is 6.07. The SMILES string of the molecule is CC(=O)N1c2ccc(-c3ccc(CNC(=O)c4cn5cc(-c6cnc(N)nc6)nc(N6CCOCC6)c5n4)cc3)cc2CC1C. The van der Waals surface area contributed by atoms with Crippen LogP contribution in [0.2, 0.25) is 0 Å². The number of nitrogen functional groups attached to an aromatic ring is 1. The molecule has 5 heterocycles. The number of morpholine rings is 1. The van der Waals surface area contributed by atoms with E-state index >= 15 is 0 Å². The van der Waals surface area contributed by atoms with Gasteiger partial charge in [-0.15, -0.1) is 0 Å².